The number of sulfonamides is 1. The highest BCUT2D eigenvalue weighted by Crippen LogP contribution is 2.20. The second kappa shape index (κ2) is 6.69. The fraction of sp³-hybridized carbons (Fsp3) is 0.417. The van der Waals surface area contributed by atoms with Crippen molar-refractivity contribution in [3.63, 3.8) is 0 Å². The van der Waals surface area contributed by atoms with Gasteiger partial charge < -0.3 is 15.2 Å². The summed E-state index contributed by atoms with van der Waals surface area (Å²) in [6.07, 6.45) is -0.299. The van der Waals surface area contributed by atoms with Crippen LogP contribution in [0.4, 0.5) is 5.69 Å². The Morgan fingerprint density at radius 1 is 1.40 bits per heavy atom. The third-order valence-corrected chi connectivity index (χ3v) is 4.13. The minimum atomic E-state index is -3.88. The second-order valence-corrected chi connectivity index (χ2v) is 5.88. The molecule has 0 saturated carbocycles. The van der Waals surface area contributed by atoms with Crippen LogP contribution in [0.3, 0.4) is 0 Å². The van der Waals surface area contributed by atoms with Crippen LogP contribution < -0.4 is 10.5 Å². The number of hydrogen-bond acceptors (Lipinski definition) is 6. The Morgan fingerprint density at radius 3 is 2.60 bits per heavy atom. The molecular weight excluding hydrogens is 284 g/mol. The summed E-state index contributed by atoms with van der Waals surface area (Å²) in [7, 11) is -1.24. The number of methoxy groups -OCH3 is 2. The van der Waals surface area contributed by atoms with Gasteiger partial charge in [-0.25, -0.2) is 17.9 Å². The Labute approximate surface area is 118 Å². The fourth-order valence-corrected chi connectivity index (χ4v) is 2.77. The molecule has 0 spiro atoms. The first-order chi connectivity index (χ1) is 9.31. The topological polar surface area (TPSA) is 108 Å². The van der Waals surface area contributed by atoms with Crippen LogP contribution >= 0.6 is 0 Å². The predicted octanol–water partition coefficient (Wildman–Crippen LogP) is 0.369. The molecule has 1 aromatic carbocycles. The Hall–Kier alpha value is -1.64. The largest absolute Gasteiger partial charge is 0.465 e. The zero-order valence-corrected chi connectivity index (χ0v) is 12.4. The lowest BCUT2D eigenvalue weighted by atomic mass is 10.2. The third-order valence-electron chi connectivity index (χ3n) is 2.66. The molecule has 0 aromatic heterocycles. The molecule has 0 heterocycles. The molecular formula is C12H18N2O5S. The summed E-state index contributed by atoms with van der Waals surface area (Å²) in [4.78, 5) is 11.4. The molecule has 0 aliphatic carbocycles. The van der Waals surface area contributed by atoms with Crippen LogP contribution in [0.25, 0.3) is 0 Å². The van der Waals surface area contributed by atoms with Gasteiger partial charge in [0.1, 0.15) is 0 Å². The van der Waals surface area contributed by atoms with Crippen LogP contribution in [0.2, 0.25) is 0 Å². The number of nitrogen functional groups attached to an aromatic ring is 1. The van der Waals surface area contributed by atoms with Gasteiger partial charge in [-0.15, -0.1) is 0 Å². The van der Waals surface area contributed by atoms with Crippen LogP contribution in [0.5, 0.6) is 0 Å². The molecule has 112 valence electrons. The van der Waals surface area contributed by atoms with Crippen molar-refractivity contribution in [2.24, 2.45) is 0 Å². The quantitative estimate of drug-likeness (QED) is 0.580. The Bertz CT molecular complexity index is 586. The van der Waals surface area contributed by atoms with E-state index in [1.54, 1.807) is 6.92 Å². The number of carbonyl (C=O) groups is 1. The van der Waals surface area contributed by atoms with Gasteiger partial charge in [-0.1, -0.05) is 0 Å². The maximum Gasteiger partial charge on any atom is 0.339 e. The molecule has 3 N–H and O–H groups in total. The second-order valence-electron chi connectivity index (χ2n) is 4.15. The van der Waals surface area contributed by atoms with Crippen molar-refractivity contribution in [3.05, 3.63) is 23.8 Å². The maximum atomic E-state index is 12.2. The minimum absolute atomic E-state index is 0.0701. The van der Waals surface area contributed by atoms with Gasteiger partial charge in [-0.3, -0.25) is 0 Å². The molecule has 20 heavy (non-hydrogen) atoms. The van der Waals surface area contributed by atoms with Crippen molar-refractivity contribution in [3.8, 4) is 0 Å². The minimum Gasteiger partial charge on any atom is -0.465 e. The summed E-state index contributed by atoms with van der Waals surface area (Å²) in [5.41, 5.74) is 5.74. The highest BCUT2D eigenvalue weighted by molar-refractivity contribution is 7.89. The highest BCUT2D eigenvalue weighted by atomic mass is 32.2. The number of carbonyl (C=O) groups excluding carboxylic acids is 1. The zero-order chi connectivity index (χ0) is 15.3. The third kappa shape index (κ3) is 3.92. The standard InChI is InChI=1S/C12H18N2O5S/c1-8(18-2)7-14-20(16,17)11-6-9(13)4-5-10(11)12(15)19-3/h4-6,8,14H,7,13H2,1-3H3. The summed E-state index contributed by atoms with van der Waals surface area (Å²) in [5, 5.41) is 0. The van der Waals surface area contributed by atoms with Crippen molar-refractivity contribution in [2.45, 2.75) is 17.9 Å². The highest BCUT2D eigenvalue weighted by Gasteiger charge is 2.23. The van der Waals surface area contributed by atoms with E-state index < -0.39 is 16.0 Å². The molecule has 0 fully saturated rings. The van der Waals surface area contributed by atoms with E-state index in [1.807, 2.05) is 0 Å². The fourth-order valence-electron chi connectivity index (χ4n) is 1.43. The van der Waals surface area contributed by atoms with Crippen molar-refractivity contribution < 1.29 is 22.7 Å². The number of benzene rings is 1. The van der Waals surface area contributed by atoms with E-state index in [0.29, 0.717) is 0 Å². The van der Waals surface area contributed by atoms with Crippen molar-refractivity contribution >= 4 is 21.7 Å². The molecule has 7 nitrogen and oxygen atoms in total. The van der Waals surface area contributed by atoms with Gasteiger partial charge in [0, 0.05) is 19.3 Å². The lowest BCUT2D eigenvalue weighted by molar-refractivity contribution is 0.0596. The molecule has 8 heteroatoms. The number of esters is 1. The average Bonchev–Trinajstić information content (AvgIpc) is 2.43. The molecule has 1 atom stereocenters. The van der Waals surface area contributed by atoms with Gasteiger partial charge in [0.15, 0.2) is 0 Å². The summed E-state index contributed by atoms with van der Waals surface area (Å²) >= 11 is 0. The molecule has 0 aliphatic heterocycles. The first-order valence-electron chi connectivity index (χ1n) is 5.82. The van der Waals surface area contributed by atoms with E-state index in [9.17, 15) is 13.2 Å². The number of hydrogen-bond donors (Lipinski definition) is 2. The van der Waals surface area contributed by atoms with Gasteiger partial charge in [0.25, 0.3) is 0 Å². The van der Waals surface area contributed by atoms with Crippen LogP contribution in [0.15, 0.2) is 23.1 Å². The van der Waals surface area contributed by atoms with Crippen molar-refractivity contribution in [1.29, 1.82) is 0 Å². The predicted molar refractivity (Wildman–Crippen MR) is 73.9 cm³/mol. The molecule has 1 rings (SSSR count). The maximum absolute atomic E-state index is 12.2. The summed E-state index contributed by atoms with van der Waals surface area (Å²) < 4.78 is 36.3. The average molecular weight is 302 g/mol. The monoisotopic (exact) mass is 302 g/mol. The van der Waals surface area contributed by atoms with Gasteiger partial charge in [-0.2, -0.15) is 0 Å². The summed E-state index contributed by atoms with van der Waals surface area (Å²) in [5.74, 6) is -0.745. The summed E-state index contributed by atoms with van der Waals surface area (Å²) in [6.45, 7) is 1.79. The molecule has 0 radical (unpaired) electrons. The van der Waals surface area contributed by atoms with Crippen molar-refractivity contribution in [2.75, 3.05) is 26.5 Å². The summed E-state index contributed by atoms with van der Waals surface area (Å²) in [6, 6.07) is 3.96. The van der Waals surface area contributed by atoms with E-state index in [2.05, 4.69) is 9.46 Å². The van der Waals surface area contributed by atoms with E-state index in [4.69, 9.17) is 10.5 Å². The van der Waals surface area contributed by atoms with E-state index in [0.717, 1.165) is 0 Å². The van der Waals surface area contributed by atoms with Gasteiger partial charge in [-0.05, 0) is 25.1 Å². The molecule has 1 aromatic rings. The Morgan fingerprint density at radius 2 is 2.05 bits per heavy atom. The van der Waals surface area contributed by atoms with Gasteiger partial charge in [0.2, 0.25) is 10.0 Å². The molecule has 1 unspecified atom stereocenters. The van der Waals surface area contributed by atoms with E-state index >= 15 is 0 Å². The van der Waals surface area contributed by atoms with Crippen LogP contribution in [0.1, 0.15) is 17.3 Å². The number of nitrogens with two attached hydrogens (primary N) is 1. The van der Waals surface area contributed by atoms with Crippen LogP contribution in [-0.4, -0.2) is 41.3 Å². The Balaban J connectivity index is 3.16. The Kier molecular flexibility index (Phi) is 5.49. The van der Waals surface area contributed by atoms with Crippen LogP contribution in [-0.2, 0) is 19.5 Å². The first kappa shape index (κ1) is 16.4. The molecule has 0 saturated heterocycles. The molecule has 0 aliphatic rings. The van der Waals surface area contributed by atoms with E-state index in [1.165, 1.54) is 32.4 Å². The normalized spacial score (nSPS) is 12.9. The van der Waals surface area contributed by atoms with Gasteiger partial charge in [0.05, 0.1) is 23.7 Å². The number of ether oxygens (including phenoxy) is 2. The molecule has 0 bridgehead atoms. The lowest BCUT2D eigenvalue weighted by Crippen LogP contribution is -2.32. The van der Waals surface area contributed by atoms with E-state index in [-0.39, 0.29) is 28.8 Å². The van der Waals surface area contributed by atoms with Crippen LogP contribution in [0, 0.1) is 0 Å². The van der Waals surface area contributed by atoms with Gasteiger partial charge >= 0.3 is 5.97 Å². The molecule has 0 amide bonds. The number of anilines is 1. The number of nitrogens with one attached hydrogen (secondary N) is 1. The first-order valence-corrected chi connectivity index (χ1v) is 7.30. The SMILES string of the molecule is COC(=O)c1ccc(N)cc1S(=O)(=O)NCC(C)OC. The van der Waals surface area contributed by atoms with Crippen molar-refractivity contribution in [1.82, 2.24) is 4.72 Å². The lowest BCUT2D eigenvalue weighted by Gasteiger charge is -2.13. The smallest absolute Gasteiger partial charge is 0.339 e. The number of rotatable bonds is 6. The zero-order valence-electron chi connectivity index (χ0n) is 11.5.